The van der Waals surface area contributed by atoms with Crippen molar-refractivity contribution in [2.75, 3.05) is 33.2 Å². The molecule has 0 aliphatic carbocycles. The first-order valence-corrected chi connectivity index (χ1v) is 8.09. The van der Waals surface area contributed by atoms with Gasteiger partial charge < -0.3 is 14.8 Å². The quantitative estimate of drug-likeness (QED) is 0.878. The number of benzene rings is 1. The molecule has 2 aliphatic heterocycles. The van der Waals surface area contributed by atoms with Gasteiger partial charge in [-0.05, 0) is 50.4 Å². The third-order valence-corrected chi connectivity index (χ3v) is 5.38. The Kier molecular flexibility index (Phi) is 3.05. The van der Waals surface area contributed by atoms with Crippen molar-refractivity contribution in [3.05, 3.63) is 35.0 Å². The molecule has 4 rings (SSSR count). The topological polar surface area (TPSA) is 39.3 Å². The van der Waals surface area contributed by atoms with Gasteiger partial charge in [0.2, 0.25) is 0 Å². The molecular formula is C18H23N3O. The third-order valence-electron chi connectivity index (χ3n) is 5.38. The summed E-state index contributed by atoms with van der Waals surface area (Å²) in [4.78, 5) is 20.7. The van der Waals surface area contributed by atoms with Crippen molar-refractivity contribution in [3.8, 4) is 0 Å². The first kappa shape index (κ1) is 13.8. The van der Waals surface area contributed by atoms with Crippen molar-refractivity contribution < 1.29 is 4.79 Å². The number of aryl methyl sites for hydroxylation is 2. The average molecular weight is 297 g/mol. The predicted molar refractivity (Wildman–Crippen MR) is 88.2 cm³/mol. The summed E-state index contributed by atoms with van der Waals surface area (Å²) >= 11 is 0. The van der Waals surface area contributed by atoms with Crippen LogP contribution in [0.5, 0.6) is 0 Å². The Morgan fingerprint density at radius 3 is 2.50 bits per heavy atom. The molecule has 2 atom stereocenters. The van der Waals surface area contributed by atoms with Gasteiger partial charge in [-0.1, -0.05) is 11.6 Å². The number of rotatable bonds is 1. The number of carbonyl (C=O) groups is 1. The van der Waals surface area contributed by atoms with Crippen molar-refractivity contribution in [2.45, 2.75) is 13.8 Å². The van der Waals surface area contributed by atoms with Crippen molar-refractivity contribution >= 4 is 16.8 Å². The van der Waals surface area contributed by atoms with Crippen LogP contribution in [0.25, 0.3) is 10.9 Å². The molecule has 2 aliphatic rings. The molecule has 0 unspecified atom stereocenters. The Balaban J connectivity index is 1.63. The van der Waals surface area contributed by atoms with E-state index < -0.39 is 0 Å². The lowest BCUT2D eigenvalue weighted by Crippen LogP contribution is -2.32. The van der Waals surface area contributed by atoms with Gasteiger partial charge in [-0.25, -0.2) is 0 Å². The molecule has 22 heavy (non-hydrogen) atoms. The Morgan fingerprint density at radius 1 is 1.14 bits per heavy atom. The lowest BCUT2D eigenvalue weighted by molar-refractivity contribution is 0.0770. The maximum absolute atomic E-state index is 12.9. The van der Waals surface area contributed by atoms with Crippen LogP contribution < -0.4 is 0 Å². The Bertz CT molecular complexity index is 734. The van der Waals surface area contributed by atoms with Crippen molar-refractivity contribution in [2.24, 2.45) is 11.8 Å². The van der Waals surface area contributed by atoms with Crippen LogP contribution in [0.1, 0.15) is 21.6 Å². The summed E-state index contributed by atoms with van der Waals surface area (Å²) in [6.07, 6.45) is 0. The molecule has 4 nitrogen and oxygen atoms in total. The highest BCUT2D eigenvalue weighted by Gasteiger charge is 2.41. The number of carbonyl (C=O) groups excluding carboxylic acids is 1. The van der Waals surface area contributed by atoms with Crippen LogP contribution in [0.4, 0.5) is 0 Å². The van der Waals surface area contributed by atoms with Crippen LogP contribution in [0.3, 0.4) is 0 Å². The number of nitrogens with zero attached hydrogens (tertiary/aromatic N) is 2. The Hall–Kier alpha value is -1.81. The van der Waals surface area contributed by atoms with Crippen molar-refractivity contribution in [1.82, 2.24) is 14.8 Å². The summed E-state index contributed by atoms with van der Waals surface area (Å²) in [6.45, 7) is 8.20. The highest BCUT2D eigenvalue weighted by molar-refractivity contribution is 6.01. The smallest absolute Gasteiger partial charge is 0.270 e. The molecule has 0 radical (unpaired) electrons. The van der Waals surface area contributed by atoms with Gasteiger partial charge in [0.05, 0.1) is 0 Å². The second-order valence-electron chi connectivity index (χ2n) is 7.13. The zero-order chi connectivity index (χ0) is 15.4. The number of nitrogens with one attached hydrogen (secondary N) is 1. The predicted octanol–water partition coefficient (Wildman–Crippen LogP) is 2.42. The number of amides is 1. The molecule has 1 amide bonds. The second-order valence-corrected chi connectivity index (χ2v) is 7.13. The van der Waals surface area contributed by atoms with Gasteiger partial charge in [-0.2, -0.15) is 0 Å². The lowest BCUT2D eigenvalue weighted by Gasteiger charge is -2.19. The van der Waals surface area contributed by atoms with E-state index in [0.29, 0.717) is 11.8 Å². The number of H-pyrrole nitrogens is 1. The number of fused-ring (bicyclic) bond motifs is 2. The number of aromatic nitrogens is 1. The van der Waals surface area contributed by atoms with Crippen LogP contribution in [0.15, 0.2) is 18.2 Å². The second kappa shape index (κ2) is 4.85. The van der Waals surface area contributed by atoms with E-state index in [1.54, 1.807) is 0 Å². The van der Waals surface area contributed by atoms with Gasteiger partial charge in [0, 0.05) is 37.1 Å². The summed E-state index contributed by atoms with van der Waals surface area (Å²) in [5, 5.41) is 1.17. The minimum atomic E-state index is 0.170. The van der Waals surface area contributed by atoms with Crippen LogP contribution >= 0.6 is 0 Å². The average Bonchev–Trinajstić information content (AvgIpc) is 3.10. The SMILES string of the molecule is Cc1ccc2[nH]c(C(=O)N3C[C@H]4CN(C)C[C@H]4C3)c(C)c2c1. The largest absolute Gasteiger partial charge is 0.350 e. The van der Waals surface area contributed by atoms with Gasteiger partial charge in [-0.3, -0.25) is 4.79 Å². The Labute approximate surface area is 131 Å². The molecule has 116 valence electrons. The fraction of sp³-hybridized carbons (Fsp3) is 0.500. The zero-order valence-electron chi connectivity index (χ0n) is 13.5. The van der Waals surface area contributed by atoms with Crippen LogP contribution in [-0.2, 0) is 0 Å². The fourth-order valence-electron chi connectivity index (χ4n) is 4.21. The normalized spacial score (nSPS) is 25.1. The van der Waals surface area contributed by atoms with Crippen LogP contribution in [-0.4, -0.2) is 53.9 Å². The Morgan fingerprint density at radius 2 is 1.82 bits per heavy atom. The molecule has 1 N–H and O–H groups in total. The van der Waals surface area contributed by atoms with Gasteiger partial charge in [-0.15, -0.1) is 0 Å². The van der Waals surface area contributed by atoms with E-state index in [1.807, 2.05) is 4.90 Å². The van der Waals surface area contributed by atoms with Crippen LogP contribution in [0, 0.1) is 25.7 Å². The fourth-order valence-corrected chi connectivity index (χ4v) is 4.21. The number of hydrogen-bond donors (Lipinski definition) is 1. The number of aromatic amines is 1. The first-order chi connectivity index (χ1) is 10.5. The molecule has 0 spiro atoms. The summed E-state index contributed by atoms with van der Waals surface area (Å²) in [5.41, 5.74) is 4.14. The van der Waals surface area contributed by atoms with E-state index in [0.717, 1.165) is 43.0 Å². The maximum Gasteiger partial charge on any atom is 0.270 e. The number of likely N-dealkylation sites (tertiary alicyclic amines) is 2. The molecule has 4 heteroatoms. The first-order valence-electron chi connectivity index (χ1n) is 8.09. The summed E-state index contributed by atoms with van der Waals surface area (Å²) in [7, 11) is 2.18. The molecular weight excluding hydrogens is 274 g/mol. The molecule has 2 aromatic rings. The molecule has 0 bridgehead atoms. The molecule has 2 saturated heterocycles. The lowest BCUT2D eigenvalue weighted by atomic mass is 10.0. The van der Waals surface area contributed by atoms with E-state index in [-0.39, 0.29) is 5.91 Å². The van der Waals surface area contributed by atoms with E-state index in [2.05, 4.69) is 49.0 Å². The van der Waals surface area contributed by atoms with E-state index in [4.69, 9.17) is 0 Å². The molecule has 3 heterocycles. The molecule has 1 aromatic heterocycles. The highest BCUT2D eigenvalue weighted by atomic mass is 16.2. The zero-order valence-corrected chi connectivity index (χ0v) is 13.5. The number of hydrogen-bond acceptors (Lipinski definition) is 2. The standard InChI is InChI=1S/C18H23N3O/c1-11-4-5-16-15(6-11)12(2)17(19-16)18(22)21-9-13-7-20(3)8-14(13)10-21/h4-6,13-14,19H,7-10H2,1-3H3/t13-,14+. The van der Waals surface area contributed by atoms with Crippen molar-refractivity contribution in [1.29, 1.82) is 0 Å². The van der Waals surface area contributed by atoms with Gasteiger partial charge in [0.15, 0.2) is 0 Å². The molecule has 1 aromatic carbocycles. The maximum atomic E-state index is 12.9. The highest BCUT2D eigenvalue weighted by Crippen LogP contribution is 2.32. The summed E-state index contributed by atoms with van der Waals surface area (Å²) in [5.74, 6) is 1.48. The monoisotopic (exact) mass is 297 g/mol. The van der Waals surface area contributed by atoms with Crippen molar-refractivity contribution in [3.63, 3.8) is 0 Å². The van der Waals surface area contributed by atoms with Gasteiger partial charge in [0.1, 0.15) is 5.69 Å². The summed E-state index contributed by atoms with van der Waals surface area (Å²) in [6, 6.07) is 6.32. The molecule has 2 fully saturated rings. The van der Waals surface area contributed by atoms with E-state index in [1.165, 1.54) is 10.9 Å². The minimum Gasteiger partial charge on any atom is -0.350 e. The van der Waals surface area contributed by atoms with Gasteiger partial charge in [0.25, 0.3) is 5.91 Å². The van der Waals surface area contributed by atoms with E-state index >= 15 is 0 Å². The molecule has 0 saturated carbocycles. The minimum absolute atomic E-state index is 0.170. The van der Waals surface area contributed by atoms with Gasteiger partial charge >= 0.3 is 0 Å². The van der Waals surface area contributed by atoms with E-state index in [9.17, 15) is 4.79 Å². The third kappa shape index (κ3) is 2.05. The van der Waals surface area contributed by atoms with Crippen LogP contribution in [0.2, 0.25) is 0 Å². The summed E-state index contributed by atoms with van der Waals surface area (Å²) < 4.78 is 0.